The number of aliphatic hydroxyl groups excluding tert-OH is 1. The normalized spacial score (nSPS) is 19.6. The Balaban J connectivity index is 1.87. The molecule has 124 valence electrons. The van der Waals surface area contributed by atoms with Crippen molar-refractivity contribution in [2.75, 3.05) is 17.7 Å². The van der Waals surface area contributed by atoms with Crippen molar-refractivity contribution < 1.29 is 5.11 Å². The fraction of sp³-hybridized carbons (Fsp3) is 0.375. The predicted molar refractivity (Wildman–Crippen MR) is 91.3 cm³/mol. The maximum absolute atomic E-state index is 9.27. The van der Waals surface area contributed by atoms with E-state index in [-0.39, 0.29) is 23.8 Å². The molecule has 0 spiro atoms. The summed E-state index contributed by atoms with van der Waals surface area (Å²) in [6.45, 7) is 0.200. The van der Waals surface area contributed by atoms with Crippen molar-refractivity contribution >= 4 is 23.4 Å². The van der Waals surface area contributed by atoms with Crippen molar-refractivity contribution in [2.24, 2.45) is 5.92 Å². The van der Waals surface area contributed by atoms with E-state index in [1.54, 1.807) is 12.4 Å². The number of anilines is 2. The highest BCUT2D eigenvalue weighted by Gasteiger charge is 2.25. The summed E-state index contributed by atoms with van der Waals surface area (Å²) in [5.74, 6) is 6.83. The predicted octanol–water partition coefficient (Wildman–Crippen LogP) is 1.47. The van der Waals surface area contributed by atoms with Crippen molar-refractivity contribution in [3.05, 3.63) is 35.0 Å². The molecular formula is C16H17ClN6O. The molecule has 0 unspecified atom stereocenters. The first kappa shape index (κ1) is 16.4. The van der Waals surface area contributed by atoms with E-state index in [1.165, 1.54) is 6.33 Å². The van der Waals surface area contributed by atoms with Gasteiger partial charge in [0.1, 0.15) is 17.7 Å². The van der Waals surface area contributed by atoms with Crippen LogP contribution in [0.25, 0.3) is 0 Å². The number of nitrogen functional groups attached to an aromatic ring is 1. The van der Waals surface area contributed by atoms with Gasteiger partial charge in [-0.05, 0) is 25.2 Å². The molecule has 24 heavy (non-hydrogen) atoms. The van der Waals surface area contributed by atoms with Gasteiger partial charge in [0.2, 0.25) is 5.95 Å². The first-order valence-electron chi connectivity index (χ1n) is 7.63. The number of hydrogen-bond donors (Lipinski definition) is 3. The van der Waals surface area contributed by atoms with Crippen LogP contribution in [0.5, 0.6) is 0 Å². The highest BCUT2D eigenvalue weighted by atomic mass is 35.5. The van der Waals surface area contributed by atoms with E-state index >= 15 is 0 Å². The third-order valence-corrected chi connectivity index (χ3v) is 4.19. The molecule has 0 radical (unpaired) electrons. The van der Waals surface area contributed by atoms with Crippen LogP contribution in [0, 0.1) is 17.8 Å². The lowest BCUT2D eigenvalue weighted by Gasteiger charge is -2.15. The fourth-order valence-corrected chi connectivity index (χ4v) is 2.95. The van der Waals surface area contributed by atoms with Crippen molar-refractivity contribution in [1.29, 1.82) is 0 Å². The maximum atomic E-state index is 9.27. The average molecular weight is 345 g/mol. The molecule has 1 fully saturated rings. The summed E-state index contributed by atoms with van der Waals surface area (Å²) >= 11 is 6.20. The van der Waals surface area contributed by atoms with Gasteiger partial charge in [0.25, 0.3) is 0 Å². The Hall–Kier alpha value is -2.43. The van der Waals surface area contributed by atoms with E-state index in [4.69, 9.17) is 17.3 Å². The molecule has 7 nitrogen and oxygen atoms in total. The first-order valence-corrected chi connectivity index (χ1v) is 8.01. The molecular weight excluding hydrogens is 328 g/mol. The molecule has 4 N–H and O–H groups in total. The van der Waals surface area contributed by atoms with E-state index in [0.29, 0.717) is 22.9 Å². The molecule has 0 bridgehead atoms. The number of halogens is 1. The van der Waals surface area contributed by atoms with Gasteiger partial charge in [-0.3, -0.25) is 0 Å². The monoisotopic (exact) mass is 344 g/mol. The zero-order valence-corrected chi connectivity index (χ0v) is 13.7. The minimum absolute atomic E-state index is 0.0906. The van der Waals surface area contributed by atoms with E-state index in [9.17, 15) is 5.11 Å². The molecule has 2 heterocycles. The molecule has 2 atom stereocenters. The molecule has 3 rings (SSSR count). The fourth-order valence-electron chi connectivity index (χ4n) is 2.73. The standard InChI is InChI=1S/C16H17ClN6O/c17-14-13(4-2-11-6-19-9-20-7-11)15(23-16(18)22-14)21-12-3-1-10(5-12)8-24/h6-7,9-10,12,24H,1,3,5,8H2,(H3,18,21,22,23)/t10-,12+/m1/s1. The Morgan fingerprint density at radius 1 is 1.25 bits per heavy atom. The Labute approximate surface area is 144 Å². The van der Waals surface area contributed by atoms with Crippen LogP contribution in [0.3, 0.4) is 0 Å². The van der Waals surface area contributed by atoms with Crippen LogP contribution in [0.4, 0.5) is 11.8 Å². The van der Waals surface area contributed by atoms with Gasteiger partial charge in [0.05, 0.1) is 5.56 Å². The molecule has 0 aromatic carbocycles. The lowest BCUT2D eigenvalue weighted by Crippen LogP contribution is -2.19. The van der Waals surface area contributed by atoms with Crippen LogP contribution in [-0.4, -0.2) is 37.7 Å². The molecule has 2 aromatic heterocycles. The molecule has 1 saturated carbocycles. The highest BCUT2D eigenvalue weighted by Crippen LogP contribution is 2.29. The van der Waals surface area contributed by atoms with Gasteiger partial charge in [-0.2, -0.15) is 9.97 Å². The number of aliphatic hydroxyl groups is 1. The third-order valence-electron chi connectivity index (χ3n) is 3.91. The smallest absolute Gasteiger partial charge is 0.223 e. The van der Waals surface area contributed by atoms with Crippen LogP contribution < -0.4 is 11.1 Å². The number of nitrogens with two attached hydrogens (primary N) is 1. The zero-order valence-electron chi connectivity index (χ0n) is 12.9. The molecule has 1 aliphatic carbocycles. The summed E-state index contributed by atoms with van der Waals surface area (Å²) in [6, 6.07) is 0.202. The molecule has 2 aromatic rings. The second-order valence-corrected chi connectivity index (χ2v) is 6.03. The van der Waals surface area contributed by atoms with Gasteiger partial charge in [-0.25, -0.2) is 9.97 Å². The minimum Gasteiger partial charge on any atom is -0.396 e. The Kier molecular flexibility index (Phi) is 5.08. The van der Waals surface area contributed by atoms with E-state index in [2.05, 4.69) is 37.1 Å². The number of hydrogen-bond acceptors (Lipinski definition) is 7. The average Bonchev–Trinajstić information content (AvgIpc) is 3.02. The number of nitrogens with zero attached hydrogens (tertiary/aromatic N) is 4. The van der Waals surface area contributed by atoms with Crippen LogP contribution in [0.2, 0.25) is 5.15 Å². The summed E-state index contributed by atoms with van der Waals surface area (Å²) < 4.78 is 0. The molecule has 0 saturated heterocycles. The molecule has 0 amide bonds. The van der Waals surface area contributed by atoms with Gasteiger partial charge in [0, 0.05) is 25.0 Å². The first-order chi connectivity index (χ1) is 11.7. The van der Waals surface area contributed by atoms with Gasteiger partial charge in [0.15, 0.2) is 5.15 Å². The Morgan fingerprint density at radius 2 is 2.04 bits per heavy atom. The van der Waals surface area contributed by atoms with E-state index in [1.807, 2.05) is 0 Å². The summed E-state index contributed by atoms with van der Waals surface area (Å²) in [5, 5.41) is 12.8. The Bertz CT molecular complexity index is 773. The second kappa shape index (κ2) is 7.43. The number of rotatable bonds is 3. The number of nitrogens with one attached hydrogen (secondary N) is 1. The summed E-state index contributed by atoms with van der Waals surface area (Å²) in [7, 11) is 0. The van der Waals surface area contributed by atoms with Crippen LogP contribution in [0.15, 0.2) is 18.7 Å². The van der Waals surface area contributed by atoms with Gasteiger partial charge < -0.3 is 16.2 Å². The van der Waals surface area contributed by atoms with Gasteiger partial charge in [-0.15, -0.1) is 0 Å². The van der Waals surface area contributed by atoms with Crippen LogP contribution in [-0.2, 0) is 0 Å². The van der Waals surface area contributed by atoms with Gasteiger partial charge in [-0.1, -0.05) is 23.4 Å². The van der Waals surface area contributed by atoms with E-state index in [0.717, 1.165) is 19.3 Å². The minimum atomic E-state index is 0.0906. The van der Waals surface area contributed by atoms with Crippen molar-refractivity contribution in [3.63, 3.8) is 0 Å². The number of aromatic nitrogens is 4. The third kappa shape index (κ3) is 3.91. The van der Waals surface area contributed by atoms with Gasteiger partial charge >= 0.3 is 0 Å². The second-order valence-electron chi connectivity index (χ2n) is 5.68. The maximum Gasteiger partial charge on any atom is 0.223 e. The largest absolute Gasteiger partial charge is 0.396 e. The molecule has 0 aliphatic heterocycles. The van der Waals surface area contributed by atoms with Crippen molar-refractivity contribution in [2.45, 2.75) is 25.3 Å². The van der Waals surface area contributed by atoms with Crippen LogP contribution in [0.1, 0.15) is 30.4 Å². The topological polar surface area (TPSA) is 110 Å². The van der Waals surface area contributed by atoms with Crippen LogP contribution >= 0.6 is 11.6 Å². The lowest BCUT2D eigenvalue weighted by molar-refractivity contribution is 0.229. The highest BCUT2D eigenvalue weighted by molar-refractivity contribution is 6.31. The summed E-state index contributed by atoms with van der Waals surface area (Å²) in [4.78, 5) is 16.0. The molecule has 8 heteroatoms. The van der Waals surface area contributed by atoms with Crippen molar-refractivity contribution in [1.82, 2.24) is 19.9 Å². The SMILES string of the molecule is Nc1nc(Cl)c(C#Cc2cncnc2)c(N[C@H]2CC[C@@H](CO)C2)n1. The lowest BCUT2D eigenvalue weighted by atomic mass is 10.1. The quantitative estimate of drug-likeness (QED) is 0.571. The van der Waals surface area contributed by atoms with E-state index < -0.39 is 0 Å². The summed E-state index contributed by atoms with van der Waals surface area (Å²) in [5.41, 5.74) is 6.86. The molecule has 1 aliphatic rings. The zero-order chi connectivity index (χ0) is 16.9. The van der Waals surface area contributed by atoms with Crippen molar-refractivity contribution in [3.8, 4) is 11.8 Å². The Morgan fingerprint density at radius 3 is 2.75 bits per heavy atom. The summed E-state index contributed by atoms with van der Waals surface area (Å²) in [6.07, 6.45) is 7.47.